The Labute approximate surface area is 194 Å². The van der Waals surface area contributed by atoms with Crippen LogP contribution in [0.5, 0.6) is 11.5 Å². The van der Waals surface area contributed by atoms with Gasteiger partial charge in [-0.2, -0.15) is 4.31 Å². The number of methoxy groups -OCH3 is 2. The third-order valence-corrected chi connectivity index (χ3v) is 8.35. The monoisotopic (exact) mass is 480 g/mol. The van der Waals surface area contributed by atoms with E-state index < -0.39 is 10.0 Å². The lowest BCUT2D eigenvalue weighted by Crippen LogP contribution is -2.32. The standard InChI is InChI=1S/C23H29ClN2O5S/c1-5-25(6-2)32(28,29)22-14-16(9-12-19(22)24)23(27)26-13-7-8-20(26)18-11-10-17(30-3)15-21(18)31-4/h9-12,14-15,20H,5-8,13H2,1-4H3/t20-/m1/s1. The van der Waals surface area contributed by atoms with Crippen LogP contribution in [0.15, 0.2) is 41.3 Å². The number of amides is 1. The highest BCUT2D eigenvalue weighted by atomic mass is 35.5. The molecule has 1 amide bonds. The third kappa shape index (κ3) is 4.58. The molecule has 0 N–H and O–H groups in total. The Bertz CT molecular complexity index is 1090. The number of rotatable bonds is 8. The van der Waals surface area contributed by atoms with Gasteiger partial charge in [-0.15, -0.1) is 0 Å². The van der Waals surface area contributed by atoms with Crippen molar-refractivity contribution in [1.29, 1.82) is 0 Å². The molecule has 0 radical (unpaired) electrons. The van der Waals surface area contributed by atoms with Gasteiger partial charge in [0.05, 0.1) is 25.3 Å². The number of sulfonamides is 1. The van der Waals surface area contributed by atoms with Gasteiger partial charge in [0.15, 0.2) is 0 Å². The summed E-state index contributed by atoms with van der Waals surface area (Å²) in [5, 5.41) is 0.100. The van der Waals surface area contributed by atoms with Crippen LogP contribution in [0.1, 0.15) is 48.7 Å². The summed E-state index contributed by atoms with van der Waals surface area (Å²) in [5.74, 6) is 1.08. The van der Waals surface area contributed by atoms with Crippen molar-refractivity contribution in [3.05, 3.63) is 52.5 Å². The number of hydrogen-bond donors (Lipinski definition) is 0. The molecule has 1 aliphatic rings. The molecule has 1 heterocycles. The van der Waals surface area contributed by atoms with E-state index in [1.165, 1.54) is 16.4 Å². The fraction of sp³-hybridized carbons (Fsp3) is 0.435. The smallest absolute Gasteiger partial charge is 0.254 e. The Morgan fingerprint density at radius 1 is 1.12 bits per heavy atom. The number of ether oxygens (including phenoxy) is 2. The molecule has 9 heteroatoms. The average molecular weight is 481 g/mol. The van der Waals surface area contributed by atoms with Crippen LogP contribution in [0, 0.1) is 0 Å². The molecule has 0 saturated carbocycles. The second kappa shape index (κ2) is 10.1. The van der Waals surface area contributed by atoms with Crippen LogP contribution in [0.3, 0.4) is 0 Å². The van der Waals surface area contributed by atoms with Crippen molar-refractivity contribution in [1.82, 2.24) is 9.21 Å². The molecule has 2 aromatic carbocycles. The molecule has 1 saturated heterocycles. The fourth-order valence-corrected chi connectivity index (χ4v) is 6.09. The van der Waals surface area contributed by atoms with Gasteiger partial charge in [-0.05, 0) is 43.2 Å². The van der Waals surface area contributed by atoms with Crippen molar-refractivity contribution in [3.63, 3.8) is 0 Å². The van der Waals surface area contributed by atoms with Crippen molar-refractivity contribution in [2.24, 2.45) is 0 Å². The van der Waals surface area contributed by atoms with Gasteiger partial charge in [0.1, 0.15) is 16.4 Å². The first-order valence-corrected chi connectivity index (χ1v) is 12.4. The zero-order valence-corrected chi connectivity index (χ0v) is 20.4. The van der Waals surface area contributed by atoms with E-state index in [0.717, 1.165) is 18.4 Å². The molecule has 0 unspecified atom stereocenters. The van der Waals surface area contributed by atoms with E-state index in [-0.39, 0.29) is 21.9 Å². The second-order valence-corrected chi connectivity index (χ2v) is 9.81. The number of likely N-dealkylation sites (tertiary alicyclic amines) is 1. The van der Waals surface area contributed by atoms with Gasteiger partial charge in [0, 0.05) is 36.8 Å². The fourth-order valence-electron chi connectivity index (χ4n) is 4.13. The number of halogens is 1. The maximum Gasteiger partial charge on any atom is 0.254 e. The Morgan fingerprint density at radius 3 is 2.47 bits per heavy atom. The highest BCUT2D eigenvalue weighted by Crippen LogP contribution is 2.39. The molecule has 3 rings (SSSR count). The topological polar surface area (TPSA) is 76.2 Å². The van der Waals surface area contributed by atoms with E-state index in [2.05, 4.69) is 0 Å². The summed E-state index contributed by atoms with van der Waals surface area (Å²) in [5.41, 5.74) is 1.18. The lowest BCUT2D eigenvalue weighted by molar-refractivity contribution is 0.0734. The Morgan fingerprint density at radius 2 is 1.84 bits per heavy atom. The van der Waals surface area contributed by atoms with Crippen molar-refractivity contribution in [2.45, 2.75) is 37.6 Å². The van der Waals surface area contributed by atoms with Crippen LogP contribution in [0.4, 0.5) is 0 Å². The molecule has 7 nitrogen and oxygen atoms in total. The van der Waals surface area contributed by atoms with Gasteiger partial charge in [0.2, 0.25) is 10.0 Å². The minimum absolute atomic E-state index is 0.0495. The van der Waals surface area contributed by atoms with Crippen molar-refractivity contribution in [2.75, 3.05) is 33.9 Å². The number of benzene rings is 2. The minimum atomic E-state index is -3.80. The van der Waals surface area contributed by atoms with E-state index in [9.17, 15) is 13.2 Å². The largest absolute Gasteiger partial charge is 0.497 e. The summed E-state index contributed by atoms with van der Waals surface area (Å²) in [6, 6.07) is 9.81. The van der Waals surface area contributed by atoms with Gasteiger partial charge >= 0.3 is 0 Å². The lowest BCUT2D eigenvalue weighted by atomic mass is 10.0. The molecule has 32 heavy (non-hydrogen) atoms. The number of nitrogens with zero attached hydrogens (tertiary/aromatic N) is 2. The molecule has 2 aromatic rings. The summed E-state index contributed by atoms with van der Waals surface area (Å²) >= 11 is 6.24. The highest BCUT2D eigenvalue weighted by molar-refractivity contribution is 7.89. The van der Waals surface area contributed by atoms with Crippen LogP contribution < -0.4 is 9.47 Å². The zero-order valence-electron chi connectivity index (χ0n) is 18.8. The predicted octanol–water partition coefficient (Wildman–Crippen LogP) is 4.37. The molecule has 174 valence electrons. The molecule has 0 aliphatic carbocycles. The summed E-state index contributed by atoms with van der Waals surface area (Å²) in [4.78, 5) is 15.2. The average Bonchev–Trinajstić information content (AvgIpc) is 3.28. The number of hydrogen-bond acceptors (Lipinski definition) is 5. The minimum Gasteiger partial charge on any atom is -0.497 e. The Hall–Kier alpha value is -2.29. The summed E-state index contributed by atoms with van der Waals surface area (Å²) in [7, 11) is -0.625. The van der Waals surface area contributed by atoms with Gasteiger partial charge in [-0.1, -0.05) is 25.4 Å². The van der Waals surface area contributed by atoms with Crippen LogP contribution in [0.25, 0.3) is 0 Å². The maximum atomic E-state index is 13.5. The molecule has 1 aliphatic heterocycles. The molecule has 0 aromatic heterocycles. The first kappa shape index (κ1) is 24.4. The Balaban J connectivity index is 1.97. The van der Waals surface area contributed by atoms with Gasteiger partial charge < -0.3 is 14.4 Å². The summed E-state index contributed by atoms with van der Waals surface area (Å²) in [6.45, 7) is 4.74. The van der Waals surface area contributed by atoms with E-state index in [1.54, 1.807) is 45.1 Å². The van der Waals surface area contributed by atoms with Gasteiger partial charge in [-0.3, -0.25) is 4.79 Å². The SMILES string of the molecule is CCN(CC)S(=O)(=O)c1cc(C(=O)N2CCC[C@@H]2c2ccc(OC)cc2OC)ccc1Cl. The van der Waals surface area contributed by atoms with Crippen LogP contribution in [-0.2, 0) is 10.0 Å². The molecule has 1 atom stereocenters. The van der Waals surface area contributed by atoms with E-state index in [0.29, 0.717) is 36.7 Å². The van der Waals surface area contributed by atoms with Crippen LogP contribution in [0.2, 0.25) is 5.02 Å². The van der Waals surface area contributed by atoms with E-state index >= 15 is 0 Å². The molecule has 1 fully saturated rings. The van der Waals surface area contributed by atoms with E-state index in [4.69, 9.17) is 21.1 Å². The highest BCUT2D eigenvalue weighted by Gasteiger charge is 2.34. The summed E-state index contributed by atoms with van der Waals surface area (Å²) < 4.78 is 38.2. The maximum absolute atomic E-state index is 13.5. The zero-order chi connectivity index (χ0) is 23.5. The molecule has 0 spiro atoms. The predicted molar refractivity (Wildman–Crippen MR) is 124 cm³/mol. The Kier molecular flexibility index (Phi) is 7.69. The lowest BCUT2D eigenvalue weighted by Gasteiger charge is -2.27. The van der Waals surface area contributed by atoms with Gasteiger partial charge in [-0.25, -0.2) is 8.42 Å². The van der Waals surface area contributed by atoms with Crippen molar-refractivity contribution >= 4 is 27.5 Å². The van der Waals surface area contributed by atoms with Crippen LogP contribution in [-0.4, -0.2) is 57.4 Å². The summed E-state index contributed by atoms with van der Waals surface area (Å²) in [6.07, 6.45) is 1.62. The first-order valence-electron chi connectivity index (χ1n) is 10.6. The normalized spacial score (nSPS) is 16.4. The molecular weight excluding hydrogens is 452 g/mol. The molecular formula is C23H29ClN2O5S. The number of carbonyl (C=O) groups is 1. The van der Waals surface area contributed by atoms with E-state index in [1.807, 2.05) is 12.1 Å². The third-order valence-electron chi connectivity index (χ3n) is 5.81. The second-order valence-electron chi connectivity index (χ2n) is 7.50. The van der Waals surface area contributed by atoms with Crippen molar-refractivity contribution < 1.29 is 22.7 Å². The molecule has 0 bridgehead atoms. The quantitative estimate of drug-likeness (QED) is 0.561. The first-order chi connectivity index (χ1) is 15.3. The van der Waals surface area contributed by atoms with Crippen molar-refractivity contribution in [3.8, 4) is 11.5 Å². The van der Waals surface area contributed by atoms with Gasteiger partial charge in [0.25, 0.3) is 5.91 Å². The number of carbonyl (C=O) groups excluding carboxylic acids is 1. The van der Waals surface area contributed by atoms with Crippen LogP contribution >= 0.6 is 11.6 Å².